The highest BCUT2D eigenvalue weighted by atomic mass is 16.5. The van der Waals surface area contributed by atoms with Gasteiger partial charge in [-0.25, -0.2) is 4.98 Å². The summed E-state index contributed by atoms with van der Waals surface area (Å²) < 4.78 is 10.6. The van der Waals surface area contributed by atoms with Gasteiger partial charge in [0, 0.05) is 24.3 Å². The minimum atomic E-state index is -0.0344. The van der Waals surface area contributed by atoms with Gasteiger partial charge in [0.15, 0.2) is 11.5 Å². The van der Waals surface area contributed by atoms with E-state index in [9.17, 15) is 4.79 Å². The molecule has 1 aromatic carbocycles. The van der Waals surface area contributed by atoms with E-state index in [4.69, 9.17) is 9.47 Å². The van der Waals surface area contributed by atoms with Crippen molar-refractivity contribution in [2.24, 2.45) is 0 Å². The summed E-state index contributed by atoms with van der Waals surface area (Å²) in [6.45, 7) is 0.705. The highest BCUT2D eigenvalue weighted by molar-refractivity contribution is 5.95. The van der Waals surface area contributed by atoms with Crippen LogP contribution in [0, 0.1) is 0 Å². The van der Waals surface area contributed by atoms with E-state index in [1.807, 2.05) is 18.2 Å². The molecule has 0 radical (unpaired) electrons. The van der Waals surface area contributed by atoms with Gasteiger partial charge >= 0.3 is 0 Å². The van der Waals surface area contributed by atoms with Crippen LogP contribution in [0.3, 0.4) is 0 Å². The summed E-state index contributed by atoms with van der Waals surface area (Å²) in [4.78, 5) is 16.4. The van der Waals surface area contributed by atoms with Gasteiger partial charge in [-0.3, -0.25) is 4.79 Å². The minimum absolute atomic E-state index is 0.0344. The van der Waals surface area contributed by atoms with E-state index in [1.54, 1.807) is 32.5 Å². The van der Waals surface area contributed by atoms with Crippen molar-refractivity contribution in [3.05, 3.63) is 47.7 Å². The van der Waals surface area contributed by atoms with Crippen LogP contribution in [0.4, 0.5) is 5.82 Å². The Morgan fingerprint density at radius 1 is 1.16 bits per heavy atom. The Hall–Kier alpha value is -2.76. The van der Waals surface area contributed by atoms with Crippen LogP contribution >= 0.6 is 0 Å². The highest BCUT2D eigenvalue weighted by Crippen LogP contribution is 2.27. The van der Waals surface area contributed by atoms with E-state index in [2.05, 4.69) is 15.6 Å². The molecule has 0 atom stereocenters. The quantitative estimate of drug-likeness (QED) is 0.772. The van der Waals surface area contributed by atoms with Crippen molar-refractivity contribution in [3.8, 4) is 11.5 Å². The van der Waals surface area contributed by atoms with E-state index < -0.39 is 0 Å². The largest absolute Gasteiger partial charge is 0.493 e. The number of hydrogen-bond donors (Lipinski definition) is 2. The van der Waals surface area contributed by atoms with Crippen molar-refractivity contribution >= 4 is 11.7 Å². The molecule has 1 aliphatic carbocycles. The van der Waals surface area contributed by atoms with Crippen LogP contribution in [0.15, 0.2) is 36.5 Å². The average molecular weight is 341 g/mol. The fourth-order valence-electron chi connectivity index (χ4n) is 2.54. The molecule has 3 rings (SSSR count). The number of carbonyl (C=O) groups is 1. The summed E-state index contributed by atoms with van der Waals surface area (Å²) in [6, 6.07) is 9.74. The van der Waals surface area contributed by atoms with Gasteiger partial charge in [-0.2, -0.15) is 0 Å². The van der Waals surface area contributed by atoms with Gasteiger partial charge < -0.3 is 20.1 Å². The molecule has 0 spiro atoms. The minimum Gasteiger partial charge on any atom is -0.493 e. The second-order valence-corrected chi connectivity index (χ2v) is 6.04. The predicted octanol–water partition coefficient (Wildman–Crippen LogP) is 2.65. The molecule has 2 N–H and O–H groups in total. The summed E-state index contributed by atoms with van der Waals surface area (Å²) in [5.74, 6) is 2.10. The summed E-state index contributed by atoms with van der Waals surface area (Å²) in [5, 5.41) is 6.24. The van der Waals surface area contributed by atoms with Crippen molar-refractivity contribution in [1.82, 2.24) is 10.3 Å². The molecule has 25 heavy (non-hydrogen) atoms. The SMILES string of the molecule is COc1ccc(CCNc2cc(C(=O)NC3CC3)ccn2)cc1OC. The molecule has 2 aromatic rings. The Morgan fingerprint density at radius 2 is 1.96 bits per heavy atom. The van der Waals surface area contributed by atoms with Gasteiger partial charge in [0.25, 0.3) is 5.91 Å². The van der Waals surface area contributed by atoms with Crippen molar-refractivity contribution in [3.63, 3.8) is 0 Å². The molecule has 6 heteroatoms. The van der Waals surface area contributed by atoms with Gasteiger partial charge in [-0.05, 0) is 49.1 Å². The fourth-order valence-corrected chi connectivity index (χ4v) is 2.54. The number of aromatic nitrogens is 1. The standard InChI is InChI=1S/C19H23N3O3/c1-24-16-6-3-13(11-17(16)25-2)7-9-20-18-12-14(8-10-21-18)19(23)22-15-4-5-15/h3,6,8,10-12,15H,4-5,7,9H2,1-2H3,(H,20,21)(H,22,23). The molecule has 1 aliphatic rings. The van der Waals surface area contributed by atoms with Gasteiger partial charge in [-0.15, -0.1) is 0 Å². The second-order valence-electron chi connectivity index (χ2n) is 6.04. The Morgan fingerprint density at radius 3 is 2.68 bits per heavy atom. The molecule has 0 aliphatic heterocycles. The normalized spacial score (nSPS) is 13.2. The van der Waals surface area contributed by atoms with Crippen molar-refractivity contribution < 1.29 is 14.3 Å². The first kappa shape index (κ1) is 17.1. The lowest BCUT2D eigenvalue weighted by molar-refractivity contribution is 0.0951. The number of hydrogen-bond acceptors (Lipinski definition) is 5. The number of carbonyl (C=O) groups excluding carboxylic acids is 1. The third-order valence-electron chi connectivity index (χ3n) is 4.10. The second kappa shape index (κ2) is 7.88. The summed E-state index contributed by atoms with van der Waals surface area (Å²) in [7, 11) is 3.25. The van der Waals surface area contributed by atoms with Crippen LogP contribution in [0.25, 0.3) is 0 Å². The Bertz CT molecular complexity index is 744. The van der Waals surface area contributed by atoms with Gasteiger partial charge in [-0.1, -0.05) is 6.07 Å². The molecule has 0 bridgehead atoms. The van der Waals surface area contributed by atoms with Crippen LogP contribution in [-0.2, 0) is 6.42 Å². The zero-order valence-electron chi connectivity index (χ0n) is 14.5. The van der Waals surface area contributed by atoms with Crippen LogP contribution in [0.1, 0.15) is 28.8 Å². The number of benzene rings is 1. The first-order valence-corrected chi connectivity index (χ1v) is 8.41. The topological polar surface area (TPSA) is 72.5 Å². The number of amides is 1. The van der Waals surface area contributed by atoms with Crippen LogP contribution in [-0.4, -0.2) is 37.7 Å². The number of methoxy groups -OCH3 is 2. The highest BCUT2D eigenvalue weighted by Gasteiger charge is 2.23. The average Bonchev–Trinajstić information content (AvgIpc) is 3.45. The van der Waals surface area contributed by atoms with Crippen molar-refractivity contribution in [1.29, 1.82) is 0 Å². The Balaban J connectivity index is 1.55. The van der Waals surface area contributed by atoms with E-state index in [-0.39, 0.29) is 5.91 Å². The lowest BCUT2D eigenvalue weighted by Gasteiger charge is -2.11. The summed E-state index contributed by atoms with van der Waals surface area (Å²) in [6.07, 6.45) is 4.61. The zero-order valence-corrected chi connectivity index (χ0v) is 14.5. The molecule has 0 unspecified atom stereocenters. The van der Waals surface area contributed by atoms with Gasteiger partial charge in [0.05, 0.1) is 14.2 Å². The van der Waals surface area contributed by atoms with Crippen LogP contribution in [0.5, 0.6) is 11.5 Å². The molecule has 0 saturated heterocycles. The molecule has 1 heterocycles. The number of nitrogens with one attached hydrogen (secondary N) is 2. The van der Waals surface area contributed by atoms with Gasteiger partial charge in [0.1, 0.15) is 5.82 Å². The van der Waals surface area contributed by atoms with Crippen molar-refractivity contribution in [2.75, 3.05) is 26.1 Å². The molecular formula is C19H23N3O3. The number of anilines is 1. The maximum Gasteiger partial charge on any atom is 0.251 e. The lowest BCUT2D eigenvalue weighted by Crippen LogP contribution is -2.25. The summed E-state index contributed by atoms with van der Waals surface area (Å²) in [5.41, 5.74) is 1.77. The third-order valence-corrected chi connectivity index (χ3v) is 4.10. The number of ether oxygens (including phenoxy) is 2. The maximum atomic E-state index is 12.1. The number of rotatable bonds is 8. The molecule has 132 valence electrons. The van der Waals surface area contributed by atoms with E-state index >= 15 is 0 Å². The molecule has 1 aromatic heterocycles. The van der Waals surface area contributed by atoms with Crippen LogP contribution in [0.2, 0.25) is 0 Å². The molecule has 1 fully saturated rings. The van der Waals surface area contributed by atoms with Crippen molar-refractivity contribution in [2.45, 2.75) is 25.3 Å². The lowest BCUT2D eigenvalue weighted by atomic mass is 10.1. The Labute approximate surface area is 147 Å². The number of pyridine rings is 1. The smallest absolute Gasteiger partial charge is 0.251 e. The molecule has 6 nitrogen and oxygen atoms in total. The van der Waals surface area contributed by atoms with Crippen LogP contribution < -0.4 is 20.1 Å². The Kier molecular flexibility index (Phi) is 5.38. The van der Waals surface area contributed by atoms with E-state index in [1.165, 1.54) is 0 Å². The van der Waals surface area contributed by atoms with E-state index in [0.717, 1.165) is 36.3 Å². The van der Waals surface area contributed by atoms with Gasteiger partial charge in [0.2, 0.25) is 0 Å². The molecular weight excluding hydrogens is 318 g/mol. The molecule has 1 saturated carbocycles. The first-order valence-electron chi connectivity index (χ1n) is 8.41. The monoisotopic (exact) mass is 341 g/mol. The maximum absolute atomic E-state index is 12.1. The van der Waals surface area contributed by atoms with E-state index in [0.29, 0.717) is 24.0 Å². The first-order chi connectivity index (χ1) is 12.2. The summed E-state index contributed by atoms with van der Waals surface area (Å²) >= 11 is 0. The predicted molar refractivity (Wildman–Crippen MR) is 96.5 cm³/mol. The fraction of sp³-hybridized carbons (Fsp3) is 0.368. The number of nitrogens with zero attached hydrogens (tertiary/aromatic N) is 1. The third kappa shape index (κ3) is 4.62. The molecule has 1 amide bonds. The zero-order chi connectivity index (χ0) is 17.6.